The molecule has 3 nitrogen and oxygen atoms in total. The fraction of sp³-hybridized carbons (Fsp3) is 0.111. The summed E-state index contributed by atoms with van der Waals surface area (Å²) in [6, 6.07) is 3.72. The predicted molar refractivity (Wildman–Crippen MR) is 55.9 cm³/mol. The van der Waals surface area contributed by atoms with Crippen molar-refractivity contribution in [3.05, 3.63) is 41.4 Å². The van der Waals surface area contributed by atoms with E-state index in [4.69, 9.17) is 23.2 Å². The average molecular weight is 228 g/mol. The topological polar surface area (TPSA) is 30.7 Å². The zero-order valence-electron chi connectivity index (χ0n) is 7.19. The summed E-state index contributed by atoms with van der Waals surface area (Å²) in [5.41, 5.74) is 1.72. The van der Waals surface area contributed by atoms with Crippen LogP contribution in [0.3, 0.4) is 0 Å². The maximum Gasteiger partial charge on any atom is 0.0790 e. The van der Waals surface area contributed by atoms with Gasteiger partial charge < -0.3 is 0 Å². The second-order valence-corrected chi connectivity index (χ2v) is 3.45. The molecule has 2 rings (SSSR count). The third-order valence-corrected chi connectivity index (χ3v) is 2.22. The van der Waals surface area contributed by atoms with Crippen molar-refractivity contribution in [3.63, 3.8) is 0 Å². The molecule has 2 aromatic rings. The van der Waals surface area contributed by atoms with Crippen LogP contribution in [0.5, 0.6) is 0 Å². The van der Waals surface area contributed by atoms with E-state index in [1.165, 1.54) is 0 Å². The quantitative estimate of drug-likeness (QED) is 0.739. The first-order chi connectivity index (χ1) is 6.79. The summed E-state index contributed by atoms with van der Waals surface area (Å²) < 4.78 is 1.68. The van der Waals surface area contributed by atoms with E-state index in [0.29, 0.717) is 10.9 Å². The van der Waals surface area contributed by atoms with Gasteiger partial charge in [0, 0.05) is 12.4 Å². The smallest absolute Gasteiger partial charge is 0.0790 e. The normalized spacial score (nSPS) is 10.4. The number of halogens is 2. The average Bonchev–Trinajstić information content (AvgIpc) is 2.65. The van der Waals surface area contributed by atoms with Crippen molar-refractivity contribution < 1.29 is 0 Å². The molecule has 0 bridgehead atoms. The van der Waals surface area contributed by atoms with E-state index in [1.54, 1.807) is 23.3 Å². The van der Waals surface area contributed by atoms with Gasteiger partial charge in [-0.15, -0.1) is 11.6 Å². The van der Waals surface area contributed by atoms with Gasteiger partial charge in [0.2, 0.25) is 0 Å². The van der Waals surface area contributed by atoms with Gasteiger partial charge in [0.15, 0.2) is 0 Å². The monoisotopic (exact) mass is 227 g/mol. The van der Waals surface area contributed by atoms with E-state index in [2.05, 4.69) is 10.1 Å². The van der Waals surface area contributed by atoms with Gasteiger partial charge in [-0.05, 0) is 12.1 Å². The van der Waals surface area contributed by atoms with Crippen LogP contribution < -0.4 is 0 Å². The van der Waals surface area contributed by atoms with Crippen LogP contribution in [0.2, 0.25) is 5.02 Å². The summed E-state index contributed by atoms with van der Waals surface area (Å²) in [4.78, 5) is 4.08. The maximum absolute atomic E-state index is 5.76. The highest BCUT2D eigenvalue weighted by atomic mass is 35.5. The highest BCUT2D eigenvalue weighted by Crippen LogP contribution is 2.12. The van der Waals surface area contributed by atoms with E-state index in [1.807, 2.05) is 12.1 Å². The van der Waals surface area contributed by atoms with Crippen LogP contribution in [-0.4, -0.2) is 14.8 Å². The molecule has 0 aliphatic heterocycles. The van der Waals surface area contributed by atoms with Crippen molar-refractivity contribution in [2.24, 2.45) is 0 Å². The first-order valence-electron chi connectivity index (χ1n) is 4.01. The number of nitrogens with zero attached hydrogens (tertiary/aromatic N) is 3. The fourth-order valence-electron chi connectivity index (χ4n) is 1.12. The predicted octanol–water partition coefficient (Wildman–Crippen LogP) is 2.66. The van der Waals surface area contributed by atoms with Gasteiger partial charge in [0.1, 0.15) is 0 Å². The van der Waals surface area contributed by atoms with E-state index in [0.717, 1.165) is 11.4 Å². The molecular formula is C9H7Cl2N3. The van der Waals surface area contributed by atoms with E-state index in [9.17, 15) is 0 Å². The van der Waals surface area contributed by atoms with Gasteiger partial charge in [-0.1, -0.05) is 11.6 Å². The van der Waals surface area contributed by atoms with Crippen LogP contribution in [-0.2, 0) is 5.88 Å². The van der Waals surface area contributed by atoms with E-state index < -0.39 is 0 Å². The third-order valence-electron chi connectivity index (χ3n) is 1.75. The molecule has 0 aliphatic rings. The van der Waals surface area contributed by atoms with Gasteiger partial charge >= 0.3 is 0 Å². The number of hydrogen-bond donors (Lipinski definition) is 0. The molecule has 5 heteroatoms. The first-order valence-corrected chi connectivity index (χ1v) is 4.92. The highest BCUT2D eigenvalue weighted by Gasteiger charge is 2.00. The van der Waals surface area contributed by atoms with E-state index >= 15 is 0 Å². The molecule has 0 saturated carbocycles. The van der Waals surface area contributed by atoms with Crippen LogP contribution in [0.1, 0.15) is 5.69 Å². The second kappa shape index (κ2) is 3.98. The van der Waals surface area contributed by atoms with Crippen molar-refractivity contribution in [2.75, 3.05) is 0 Å². The Morgan fingerprint density at radius 2 is 2.29 bits per heavy atom. The first kappa shape index (κ1) is 9.49. The van der Waals surface area contributed by atoms with Gasteiger partial charge in [0.05, 0.1) is 28.5 Å². The Morgan fingerprint density at radius 3 is 2.93 bits per heavy atom. The lowest BCUT2D eigenvalue weighted by atomic mass is 10.3. The van der Waals surface area contributed by atoms with Crippen LogP contribution in [0.15, 0.2) is 30.7 Å². The lowest BCUT2D eigenvalue weighted by molar-refractivity contribution is 0.874. The Kier molecular flexibility index (Phi) is 2.70. The standard InChI is InChI=1S/C9H7Cl2N3/c10-4-8-3-9(1-2-12-8)14-6-7(11)5-13-14/h1-3,5-6H,4H2. The van der Waals surface area contributed by atoms with Crippen LogP contribution in [0.25, 0.3) is 5.69 Å². The number of pyridine rings is 1. The summed E-state index contributed by atoms with van der Waals surface area (Å²) in [6.07, 6.45) is 5.01. The van der Waals surface area contributed by atoms with E-state index in [-0.39, 0.29) is 0 Å². The van der Waals surface area contributed by atoms with Gasteiger partial charge in [-0.2, -0.15) is 5.10 Å². The lowest BCUT2D eigenvalue weighted by Gasteiger charge is -2.01. The van der Waals surface area contributed by atoms with Crippen LogP contribution >= 0.6 is 23.2 Å². The number of rotatable bonds is 2. The zero-order chi connectivity index (χ0) is 9.97. The van der Waals surface area contributed by atoms with Crippen molar-refractivity contribution in [1.82, 2.24) is 14.8 Å². The Hall–Kier alpha value is -1.06. The molecule has 0 fully saturated rings. The minimum absolute atomic E-state index is 0.392. The lowest BCUT2D eigenvalue weighted by Crippen LogP contribution is -1.96. The van der Waals surface area contributed by atoms with Gasteiger partial charge in [0.25, 0.3) is 0 Å². The van der Waals surface area contributed by atoms with Crippen molar-refractivity contribution >= 4 is 23.2 Å². The van der Waals surface area contributed by atoms with Crippen LogP contribution in [0.4, 0.5) is 0 Å². The third kappa shape index (κ3) is 1.89. The van der Waals surface area contributed by atoms with Gasteiger partial charge in [-0.25, -0.2) is 4.68 Å². The summed E-state index contributed by atoms with van der Waals surface area (Å²) in [5.74, 6) is 0.392. The molecule has 0 aromatic carbocycles. The Labute approximate surface area is 91.3 Å². The number of hydrogen-bond acceptors (Lipinski definition) is 2. The summed E-state index contributed by atoms with van der Waals surface area (Å²) in [5, 5.41) is 4.68. The molecule has 0 saturated heterocycles. The van der Waals surface area contributed by atoms with Crippen molar-refractivity contribution in [2.45, 2.75) is 5.88 Å². The molecule has 14 heavy (non-hydrogen) atoms. The molecule has 72 valence electrons. The zero-order valence-corrected chi connectivity index (χ0v) is 8.70. The van der Waals surface area contributed by atoms with Crippen molar-refractivity contribution in [3.8, 4) is 5.69 Å². The molecule has 0 unspecified atom stereocenters. The Bertz CT molecular complexity index is 439. The minimum atomic E-state index is 0.392. The SMILES string of the molecule is ClCc1cc(-n2cc(Cl)cn2)ccn1. The number of alkyl halides is 1. The molecular weight excluding hydrogens is 221 g/mol. The minimum Gasteiger partial charge on any atom is -0.260 e. The van der Waals surface area contributed by atoms with Gasteiger partial charge in [-0.3, -0.25) is 4.98 Å². The molecule has 0 spiro atoms. The summed E-state index contributed by atoms with van der Waals surface area (Å²) >= 11 is 11.4. The maximum atomic E-state index is 5.76. The van der Waals surface area contributed by atoms with Crippen molar-refractivity contribution in [1.29, 1.82) is 0 Å². The van der Waals surface area contributed by atoms with Crippen LogP contribution in [0, 0.1) is 0 Å². The molecule has 0 amide bonds. The molecule has 0 atom stereocenters. The fourth-order valence-corrected chi connectivity index (χ4v) is 1.41. The molecule has 0 N–H and O–H groups in total. The Balaban J connectivity index is 2.41. The Morgan fingerprint density at radius 1 is 1.43 bits per heavy atom. The summed E-state index contributed by atoms with van der Waals surface area (Å²) in [6.45, 7) is 0. The molecule has 0 aliphatic carbocycles. The second-order valence-electron chi connectivity index (χ2n) is 2.74. The summed E-state index contributed by atoms with van der Waals surface area (Å²) in [7, 11) is 0. The molecule has 2 heterocycles. The number of aromatic nitrogens is 3. The largest absolute Gasteiger partial charge is 0.260 e. The molecule has 2 aromatic heterocycles. The highest BCUT2D eigenvalue weighted by molar-refractivity contribution is 6.30. The molecule has 0 radical (unpaired) electrons.